The summed E-state index contributed by atoms with van der Waals surface area (Å²) in [6.45, 7) is 3.91. The maximum atomic E-state index is 5.30. The first-order chi connectivity index (χ1) is 9.75. The zero-order chi connectivity index (χ0) is 14.2. The van der Waals surface area contributed by atoms with Gasteiger partial charge in [0.1, 0.15) is 0 Å². The second-order valence-corrected chi connectivity index (χ2v) is 5.09. The largest absolute Gasteiger partial charge is 0.363 e. The predicted octanol–water partition coefficient (Wildman–Crippen LogP) is 2.50. The third kappa shape index (κ3) is 4.66. The van der Waals surface area contributed by atoms with E-state index < -0.39 is 0 Å². The van der Waals surface area contributed by atoms with Gasteiger partial charge in [-0.3, -0.25) is 0 Å². The van der Waals surface area contributed by atoms with E-state index >= 15 is 0 Å². The maximum Gasteiger partial charge on any atom is 0.166 e. The molecule has 2 N–H and O–H groups in total. The van der Waals surface area contributed by atoms with Gasteiger partial charge in [-0.15, -0.1) is 0 Å². The number of nitrogens with zero attached hydrogens (tertiary/aromatic N) is 2. The highest BCUT2D eigenvalue weighted by molar-refractivity contribution is 7.80. The number of nitrogens with one attached hydrogen (secondary N) is 2. The lowest BCUT2D eigenvalue weighted by atomic mass is 10.1. The van der Waals surface area contributed by atoms with Gasteiger partial charge in [0.15, 0.2) is 5.11 Å². The third-order valence-electron chi connectivity index (χ3n) is 3.09. The van der Waals surface area contributed by atoms with Gasteiger partial charge in [0.25, 0.3) is 0 Å². The summed E-state index contributed by atoms with van der Waals surface area (Å²) in [5.41, 5.74) is 1.23. The maximum absolute atomic E-state index is 5.30. The number of benzene rings is 1. The van der Waals surface area contributed by atoms with Gasteiger partial charge in [0.05, 0.1) is 12.4 Å². The molecule has 0 bridgehead atoms. The molecule has 0 amide bonds. The van der Waals surface area contributed by atoms with Crippen LogP contribution in [0.5, 0.6) is 0 Å². The van der Waals surface area contributed by atoms with Gasteiger partial charge in [0, 0.05) is 25.5 Å². The highest BCUT2D eigenvalue weighted by Gasteiger charge is 2.05. The van der Waals surface area contributed by atoms with Crippen molar-refractivity contribution in [3.8, 4) is 0 Å². The van der Waals surface area contributed by atoms with Gasteiger partial charge >= 0.3 is 0 Å². The van der Waals surface area contributed by atoms with Gasteiger partial charge in [0.2, 0.25) is 0 Å². The van der Waals surface area contributed by atoms with E-state index in [2.05, 4.69) is 39.2 Å². The van der Waals surface area contributed by atoms with Gasteiger partial charge in [-0.2, -0.15) is 0 Å². The SMILES string of the molecule is C[C@@H](NC(=S)NCCCn1ccnc1)c1ccccc1. The van der Waals surface area contributed by atoms with E-state index in [0.29, 0.717) is 5.11 Å². The molecule has 5 heteroatoms. The Morgan fingerprint density at radius 1 is 1.35 bits per heavy atom. The first-order valence-corrected chi connectivity index (χ1v) is 7.21. The monoisotopic (exact) mass is 288 g/mol. The van der Waals surface area contributed by atoms with Gasteiger partial charge in [-0.25, -0.2) is 4.98 Å². The molecule has 1 aromatic heterocycles. The normalized spacial score (nSPS) is 11.8. The number of aromatic nitrogens is 2. The molecule has 1 heterocycles. The van der Waals surface area contributed by atoms with Crippen LogP contribution in [0.1, 0.15) is 24.9 Å². The zero-order valence-corrected chi connectivity index (χ0v) is 12.4. The molecule has 4 nitrogen and oxygen atoms in total. The van der Waals surface area contributed by atoms with E-state index in [-0.39, 0.29) is 6.04 Å². The first-order valence-electron chi connectivity index (χ1n) is 6.81. The molecule has 0 aliphatic rings. The van der Waals surface area contributed by atoms with Crippen molar-refractivity contribution in [2.75, 3.05) is 6.54 Å². The number of hydrogen-bond donors (Lipinski definition) is 2. The second kappa shape index (κ2) is 7.65. The topological polar surface area (TPSA) is 41.9 Å². The minimum absolute atomic E-state index is 0.213. The van der Waals surface area contributed by atoms with Crippen LogP contribution in [0.4, 0.5) is 0 Å². The van der Waals surface area contributed by atoms with Crippen LogP contribution in [-0.4, -0.2) is 21.2 Å². The Balaban J connectivity index is 1.65. The van der Waals surface area contributed by atoms with Gasteiger partial charge in [-0.1, -0.05) is 30.3 Å². The summed E-state index contributed by atoms with van der Waals surface area (Å²) in [5.74, 6) is 0. The molecule has 0 fully saturated rings. The van der Waals surface area contributed by atoms with Crippen molar-refractivity contribution in [1.29, 1.82) is 0 Å². The molecule has 0 unspecified atom stereocenters. The summed E-state index contributed by atoms with van der Waals surface area (Å²) in [4.78, 5) is 4.01. The van der Waals surface area contributed by atoms with Gasteiger partial charge in [-0.05, 0) is 31.1 Å². The van der Waals surface area contributed by atoms with Gasteiger partial charge < -0.3 is 15.2 Å². The fourth-order valence-corrected chi connectivity index (χ4v) is 2.23. The van der Waals surface area contributed by atoms with Crippen molar-refractivity contribution < 1.29 is 0 Å². The standard InChI is InChI=1S/C15H20N4S/c1-13(14-6-3-2-4-7-14)18-15(20)17-8-5-10-19-11-9-16-12-19/h2-4,6-7,9,11-13H,5,8,10H2,1H3,(H2,17,18,20)/t13-/m1/s1. The summed E-state index contributed by atoms with van der Waals surface area (Å²) in [6, 6.07) is 10.5. The molecule has 2 rings (SSSR count). The molecular formula is C15H20N4S. The number of imidazole rings is 1. The number of hydrogen-bond acceptors (Lipinski definition) is 2. The Labute approximate surface area is 125 Å². The van der Waals surface area contributed by atoms with E-state index in [4.69, 9.17) is 12.2 Å². The summed E-state index contributed by atoms with van der Waals surface area (Å²) >= 11 is 5.30. The minimum Gasteiger partial charge on any atom is -0.363 e. The molecule has 106 valence electrons. The van der Waals surface area contributed by atoms with Crippen molar-refractivity contribution >= 4 is 17.3 Å². The smallest absolute Gasteiger partial charge is 0.166 e. The average molecular weight is 288 g/mol. The fraction of sp³-hybridized carbons (Fsp3) is 0.333. The molecule has 20 heavy (non-hydrogen) atoms. The fourth-order valence-electron chi connectivity index (χ4n) is 1.96. The summed E-state index contributed by atoms with van der Waals surface area (Å²) in [5, 5.41) is 7.22. The van der Waals surface area contributed by atoms with Crippen molar-refractivity contribution in [2.45, 2.75) is 25.9 Å². The van der Waals surface area contributed by atoms with E-state index in [0.717, 1.165) is 19.5 Å². The molecule has 0 spiro atoms. The minimum atomic E-state index is 0.213. The van der Waals surface area contributed by atoms with Crippen molar-refractivity contribution in [2.24, 2.45) is 0 Å². The number of aryl methyl sites for hydroxylation is 1. The van der Waals surface area contributed by atoms with E-state index in [1.54, 1.807) is 6.20 Å². The lowest BCUT2D eigenvalue weighted by Crippen LogP contribution is -2.37. The van der Waals surface area contributed by atoms with E-state index in [1.807, 2.05) is 30.7 Å². The Morgan fingerprint density at radius 3 is 2.85 bits per heavy atom. The Morgan fingerprint density at radius 2 is 2.15 bits per heavy atom. The molecule has 1 aromatic carbocycles. The van der Waals surface area contributed by atoms with E-state index in [1.165, 1.54) is 5.56 Å². The lowest BCUT2D eigenvalue weighted by Gasteiger charge is -2.17. The highest BCUT2D eigenvalue weighted by Crippen LogP contribution is 2.10. The number of rotatable bonds is 6. The van der Waals surface area contributed by atoms with Crippen LogP contribution in [0.2, 0.25) is 0 Å². The molecule has 0 aliphatic carbocycles. The zero-order valence-electron chi connectivity index (χ0n) is 11.6. The summed E-state index contributed by atoms with van der Waals surface area (Å²) in [6.07, 6.45) is 6.60. The lowest BCUT2D eigenvalue weighted by molar-refractivity contribution is 0.620. The number of thiocarbonyl (C=S) groups is 1. The molecule has 2 aromatic rings. The van der Waals surface area contributed by atoms with Crippen LogP contribution in [-0.2, 0) is 6.54 Å². The Bertz CT molecular complexity index is 510. The molecule has 0 radical (unpaired) electrons. The first kappa shape index (κ1) is 14.5. The van der Waals surface area contributed by atoms with Crippen molar-refractivity contribution in [1.82, 2.24) is 20.2 Å². The van der Waals surface area contributed by atoms with Crippen LogP contribution in [0.3, 0.4) is 0 Å². The van der Waals surface area contributed by atoms with Crippen LogP contribution in [0, 0.1) is 0 Å². The predicted molar refractivity (Wildman–Crippen MR) is 85.4 cm³/mol. The van der Waals surface area contributed by atoms with Crippen LogP contribution < -0.4 is 10.6 Å². The Hall–Kier alpha value is -1.88. The molecule has 0 aliphatic heterocycles. The summed E-state index contributed by atoms with van der Waals surface area (Å²) < 4.78 is 2.06. The molecule has 1 atom stereocenters. The van der Waals surface area contributed by atoms with Crippen LogP contribution in [0.15, 0.2) is 49.1 Å². The molecule has 0 saturated heterocycles. The average Bonchev–Trinajstić information content (AvgIpc) is 2.98. The van der Waals surface area contributed by atoms with Crippen molar-refractivity contribution in [3.05, 3.63) is 54.6 Å². The summed E-state index contributed by atoms with van der Waals surface area (Å²) in [7, 11) is 0. The molecular weight excluding hydrogens is 268 g/mol. The highest BCUT2D eigenvalue weighted by atomic mass is 32.1. The Kier molecular flexibility index (Phi) is 5.55. The third-order valence-corrected chi connectivity index (χ3v) is 3.35. The quantitative estimate of drug-likeness (QED) is 0.633. The van der Waals surface area contributed by atoms with Crippen molar-refractivity contribution in [3.63, 3.8) is 0 Å². The second-order valence-electron chi connectivity index (χ2n) is 4.69. The molecule has 0 saturated carbocycles. The van der Waals surface area contributed by atoms with E-state index in [9.17, 15) is 0 Å². The van der Waals surface area contributed by atoms with Crippen LogP contribution >= 0.6 is 12.2 Å². The van der Waals surface area contributed by atoms with Crippen LogP contribution in [0.25, 0.3) is 0 Å².